The summed E-state index contributed by atoms with van der Waals surface area (Å²) in [5.41, 5.74) is 0.653. The highest BCUT2D eigenvalue weighted by molar-refractivity contribution is 6.30. The number of para-hydroxylation sites is 1. The molecule has 0 saturated heterocycles. The molecule has 1 aromatic heterocycles. The van der Waals surface area contributed by atoms with E-state index < -0.39 is 24.0 Å². The number of rotatable bonds is 4. The molecular formula is C18H13ClF3N3O2. The zero-order valence-electron chi connectivity index (χ0n) is 13.9. The number of alkyl halides is 2. The van der Waals surface area contributed by atoms with Gasteiger partial charge in [-0.15, -0.1) is 0 Å². The standard InChI is InChI=1S/C18H13ClF3N3O2/c1-25-9-15(16(24-25)17(21)22)27-18(26)23-14-5-3-2-4-11(14)10-6-7-12(19)13(20)8-10/h2-9,17H,1H3,(H,23,26). The fraction of sp³-hybridized carbons (Fsp3) is 0.111. The van der Waals surface area contributed by atoms with Crippen LogP contribution >= 0.6 is 11.6 Å². The number of nitrogens with one attached hydrogen (secondary N) is 1. The van der Waals surface area contributed by atoms with Gasteiger partial charge in [-0.25, -0.2) is 18.0 Å². The number of carbonyl (C=O) groups excluding carboxylic acids is 1. The van der Waals surface area contributed by atoms with E-state index in [4.69, 9.17) is 16.3 Å². The Kier molecular flexibility index (Phi) is 5.36. The summed E-state index contributed by atoms with van der Waals surface area (Å²) in [6.07, 6.45) is -2.70. The summed E-state index contributed by atoms with van der Waals surface area (Å²) in [5, 5.41) is 6.00. The summed E-state index contributed by atoms with van der Waals surface area (Å²) in [7, 11) is 1.43. The van der Waals surface area contributed by atoms with Gasteiger partial charge in [-0.2, -0.15) is 5.10 Å². The first-order valence-electron chi connectivity index (χ1n) is 7.70. The molecule has 0 fully saturated rings. The Hall–Kier alpha value is -3.00. The summed E-state index contributed by atoms with van der Waals surface area (Å²) in [6, 6.07) is 10.8. The number of benzene rings is 2. The molecule has 0 atom stereocenters. The number of carbonyl (C=O) groups is 1. The Balaban J connectivity index is 1.84. The van der Waals surface area contributed by atoms with Gasteiger partial charge < -0.3 is 4.74 Å². The Morgan fingerprint density at radius 1 is 1.26 bits per heavy atom. The average molecular weight is 396 g/mol. The van der Waals surface area contributed by atoms with Gasteiger partial charge in [-0.1, -0.05) is 35.9 Å². The molecule has 140 valence electrons. The molecule has 0 aliphatic heterocycles. The number of ether oxygens (including phenoxy) is 1. The summed E-state index contributed by atoms with van der Waals surface area (Å²) < 4.78 is 45.7. The van der Waals surface area contributed by atoms with Crippen LogP contribution in [0.5, 0.6) is 5.75 Å². The zero-order valence-corrected chi connectivity index (χ0v) is 14.7. The third kappa shape index (κ3) is 4.22. The smallest absolute Gasteiger partial charge is 0.406 e. The van der Waals surface area contributed by atoms with Gasteiger partial charge in [0, 0.05) is 12.6 Å². The van der Waals surface area contributed by atoms with E-state index in [9.17, 15) is 18.0 Å². The van der Waals surface area contributed by atoms with Crippen LogP contribution in [0.4, 0.5) is 23.7 Å². The minimum absolute atomic E-state index is 0.0280. The number of hydrogen-bond donors (Lipinski definition) is 1. The van der Waals surface area contributed by atoms with Crippen LogP contribution in [0.25, 0.3) is 11.1 Å². The first kappa shape index (κ1) is 18.8. The number of aromatic nitrogens is 2. The lowest BCUT2D eigenvalue weighted by molar-refractivity contribution is 0.141. The van der Waals surface area contributed by atoms with Gasteiger partial charge in [0.1, 0.15) is 5.82 Å². The second-order valence-electron chi connectivity index (χ2n) is 5.54. The van der Waals surface area contributed by atoms with Crippen LogP contribution in [-0.2, 0) is 7.05 Å². The minimum Gasteiger partial charge on any atom is -0.406 e. The fourth-order valence-electron chi connectivity index (χ4n) is 2.46. The van der Waals surface area contributed by atoms with E-state index in [1.165, 1.54) is 25.4 Å². The molecule has 1 N–H and O–H groups in total. The van der Waals surface area contributed by atoms with Gasteiger partial charge in [-0.3, -0.25) is 10.00 Å². The van der Waals surface area contributed by atoms with Crippen molar-refractivity contribution in [2.24, 2.45) is 7.05 Å². The number of aryl methyl sites for hydroxylation is 1. The fourth-order valence-corrected chi connectivity index (χ4v) is 2.57. The molecule has 9 heteroatoms. The van der Waals surface area contributed by atoms with Crippen molar-refractivity contribution in [1.82, 2.24) is 9.78 Å². The van der Waals surface area contributed by atoms with E-state index in [0.717, 1.165) is 4.68 Å². The van der Waals surface area contributed by atoms with E-state index in [0.29, 0.717) is 16.8 Å². The quantitative estimate of drug-likeness (QED) is 0.641. The molecule has 0 saturated carbocycles. The Morgan fingerprint density at radius 3 is 2.70 bits per heavy atom. The Labute approximate surface area is 157 Å². The van der Waals surface area contributed by atoms with Crippen LogP contribution in [-0.4, -0.2) is 15.9 Å². The lowest BCUT2D eigenvalue weighted by atomic mass is 10.0. The van der Waals surface area contributed by atoms with Gasteiger partial charge in [0.2, 0.25) is 0 Å². The molecule has 0 bridgehead atoms. The van der Waals surface area contributed by atoms with Gasteiger partial charge in [-0.05, 0) is 23.8 Å². The predicted molar refractivity (Wildman–Crippen MR) is 94.7 cm³/mol. The van der Waals surface area contributed by atoms with Crippen LogP contribution in [0.2, 0.25) is 5.02 Å². The van der Waals surface area contributed by atoms with E-state index in [1.54, 1.807) is 30.3 Å². The van der Waals surface area contributed by atoms with Crippen molar-refractivity contribution in [2.45, 2.75) is 6.43 Å². The monoisotopic (exact) mass is 395 g/mol. The highest BCUT2D eigenvalue weighted by atomic mass is 35.5. The minimum atomic E-state index is -2.89. The first-order chi connectivity index (χ1) is 12.8. The molecular weight excluding hydrogens is 383 g/mol. The largest absolute Gasteiger partial charge is 0.417 e. The van der Waals surface area contributed by atoms with Crippen molar-refractivity contribution >= 4 is 23.4 Å². The molecule has 0 aliphatic rings. The van der Waals surface area contributed by atoms with Crippen molar-refractivity contribution in [3.8, 4) is 16.9 Å². The molecule has 0 radical (unpaired) electrons. The lowest BCUT2D eigenvalue weighted by Gasteiger charge is -2.12. The van der Waals surface area contributed by atoms with E-state index in [2.05, 4.69) is 10.4 Å². The molecule has 0 spiro atoms. The highest BCUT2D eigenvalue weighted by Crippen LogP contribution is 2.31. The van der Waals surface area contributed by atoms with Gasteiger partial charge >= 0.3 is 6.09 Å². The van der Waals surface area contributed by atoms with Gasteiger partial charge in [0.05, 0.1) is 16.9 Å². The van der Waals surface area contributed by atoms with Crippen LogP contribution in [0, 0.1) is 5.82 Å². The summed E-state index contributed by atoms with van der Waals surface area (Å²) >= 11 is 5.69. The third-order valence-corrected chi connectivity index (χ3v) is 3.93. The van der Waals surface area contributed by atoms with E-state index in [1.807, 2.05) is 0 Å². The molecule has 5 nitrogen and oxygen atoms in total. The average Bonchev–Trinajstić information content (AvgIpc) is 2.98. The molecule has 3 aromatic rings. The lowest BCUT2D eigenvalue weighted by Crippen LogP contribution is -2.17. The van der Waals surface area contributed by atoms with Crippen molar-refractivity contribution in [1.29, 1.82) is 0 Å². The van der Waals surface area contributed by atoms with Crippen molar-refractivity contribution < 1.29 is 22.7 Å². The highest BCUT2D eigenvalue weighted by Gasteiger charge is 2.21. The van der Waals surface area contributed by atoms with Crippen molar-refractivity contribution in [2.75, 3.05) is 5.32 Å². The van der Waals surface area contributed by atoms with E-state index >= 15 is 0 Å². The summed E-state index contributed by atoms with van der Waals surface area (Å²) in [6.45, 7) is 0. The normalized spacial score (nSPS) is 10.9. The Morgan fingerprint density at radius 2 is 2.00 bits per heavy atom. The molecule has 0 aliphatic carbocycles. The molecule has 1 amide bonds. The maximum absolute atomic E-state index is 13.7. The second-order valence-corrected chi connectivity index (χ2v) is 5.95. The number of anilines is 1. The van der Waals surface area contributed by atoms with Crippen LogP contribution in [0.15, 0.2) is 48.7 Å². The summed E-state index contributed by atoms with van der Waals surface area (Å²) in [5.74, 6) is -0.955. The molecule has 27 heavy (non-hydrogen) atoms. The van der Waals surface area contributed by atoms with Crippen molar-refractivity contribution in [3.05, 3.63) is 65.2 Å². The SMILES string of the molecule is Cn1cc(OC(=O)Nc2ccccc2-c2ccc(Cl)c(F)c2)c(C(F)F)n1. The third-order valence-electron chi connectivity index (χ3n) is 3.63. The van der Waals surface area contributed by atoms with Crippen LogP contribution in [0.1, 0.15) is 12.1 Å². The number of nitrogens with zero attached hydrogens (tertiary/aromatic N) is 2. The molecule has 2 aromatic carbocycles. The number of amides is 1. The maximum atomic E-state index is 13.7. The molecule has 0 unspecified atom stereocenters. The maximum Gasteiger partial charge on any atom is 0.417 e. The zero-order chi connectivity index (χ0) is 19.6. The van der Waals surface area contributed by atoms with Crippen LogP contribution in [0.3, 0.4) is 0 Å². The Bertz CT molecular complexity index is 992. The number of hydrogen-bond acceptors (Lipinski definition) is 3. The van der Waals surface area contributed by atoms with Crippen molar-refractivity contribution in [3.63, 3.8) is 0 Å². The van der Waals surface area contributed by atoms with Gasteiger partial charge in [0.25, 0.3) is 6.43 Å². The number of halogens is 4. The first-order valence-corrected chi connectivity index (χ1v) is 8.08. The molecule has 1 heterocycles. The van der Waals surface area contributed by atoms with Crippen LogP contribution < -0.4 is 10.1 Å². The molecule has 3 rings (SSSR count). The topological polar surface area (TPSA) is 56.1 Å². The summed E-state index contributed by atoms with van der Waals surface area (Å²) in [4.78, 5) is 12.2. The van der Waals surface area contributed by atoms with E-state index in [-0.39, 0.29) is 10.8 Å². The predicted octanol–water partition coefficient (Wildman–Crippen LogP) is 5.43. The van der Waals surface area contributed by atoms with Gasteiger partial charge in [0.15, 0.2) is 11.4 Å². The second kappa shape index (κ2) is 7.71.